The molecule has 0 aliphatic heterocycles. The number of primary sulfonamides is 1. The van der Waals surface area contributed by atoms with Crippen molar-refractivity contribution >= 4 is 16.1 Å². The quantitative estimate of drug-likeness (QED) is 0.593. The zero-order valence-corrected chi connectivity index (χ0v) is 15.5. The summed E-state index contributed by atoms with van der Waals surface area (Å²) in [6.45, 7) is 5.95. The van der Waals surface area contributed by atoms with Crippen molar-refractivity contribution in [1.82, 2.24) is 10.6 Å². The minimum atomic E-state index is -3.75. The van der Waals surface area contributed by atoms with Crippen molar-refractivity contribution in [2.75, 3.05) is 0 Å². The number of nitrogens with two attached hydrogens (primary N) is 1. The van der Waals surface area contributed by atoms with Crippen LogP contribution in [0, 0.1) is 0 Å². The van der Waals surface area contributed by atoms with Crippen LogP contribution in [0.3, 0.4) is 0 Å². The van der Waals surface area contributed by atoms with Gasteiger partial charge in [-0.15, -0.1) is 0 Å². The first kappa shape index (κ1) is 20.4. The zero-order valence-electron chi connectivity index (χ0n) is 14.7. The molecule has 7 heteroatoms. The summed E-state index contributed by atoms with van der Waals surface area (Å²) in [5.74, 6) is 0. The van der Waals surface area contributed by atoms with E-state index in [0.29, 0.717) is 5.56 Å². The number of nitrogens with one attached hydrogen (secondary N) is 2. The molecule has 0 aromatic heterocycles. The highest BCUT2D eigenvalue weighted by atomic mass is 32.2. The number of sulfonamides is 1. The lowest BCUT2D eigenvalue weighted by atomic mass is 10.1. The maximum absolute atomic E-state index is 12.0. The predicted molar refractivity (Wildman–Crippen MR) is 96.1 cm³/mol. The lowest BCUT2D eigenvalue weighted by molar-refractivity contribution is 0.234. The molecule has 1 aromatic carbocycles. The summed E-state index contributed by atoms with van der Waals surface area (Å²) >= 11 is 0. The van der Waals surface area contributed by atoms with Gasteiger partial charge < -0.3 is 10.6 Å². The largest absolute Gasteiger partial charge is 0.336 e. The van der Waals surface area contributed by atoms with E-state index < -0.39 is 10.0 Å². The van der Waals surface area contributed by atoms with Gasteiger partial charge in [-0.25, -0.2) is 18.4 Å². The molecule has 1 aromatic rings. The summed E-state index contributed by atoms with van der Waals surface area (Å²) in [4.78, 5) is 12.1. The Morgan fingerprint density at radius 1 is 1.17 bits per heavy atom. The fourth-order valence-corrected chi connectivity index (χ4v) is 3.02. The van der Waals surface area contributed by atoms with Crippen LogP contribution in [0.5, 0.6) is 0 Å². The van der Waals surface area contributed by atoms with Gasteiger partial charge in [0.05, 0.1) is 10.9 Å². The van der Waals surface area contributed by atoms with Gasteiger partial charge in [-0.3, -0.25) is 0 Å². The highest BCUT2D eigenvalue weighted by Gasteiger charge is 2.14. The molecule has 1 rings (SSSR count). The highest BCUT2D eigenvalue weighted by molar-refractivity contribution is 7.89. The molecule has 0 fully saturated rings. The smallest absolute Gasteiger partial charge is 0.315 e. The van der Waals surface area contributed by atoms with Gasteiger partial charge in [0.25, 0.3) is 0 Å². The number of hydrogen-bond acceptors (Lipinski definition) is 3. The number of carbonyl (C=O) groups is 1. The molecule has 136 valence electrons. The van der Waals surface area contributed by atoms with E-state index in [-0.39, 0.29) is 23.0 Å². The van der Waals surface area contributed by atoms with E-state index in [1.807, 2.05) is 6.92 Å². The topological polar surface area (TPSA) is 101 Å². The minimum Gasteiger partial charge on any atom is -0.336 e. The van der Waals surface area contributed by atoms with E-state index in [4.69, 9.17) is 5.14 Å². The first-order chi connectivity index (χ1) is 11.2. The van der Waals surface area contributed by atoms with Gasteiger partial charge in [0.1, 0.15) is 0 Å². The standard InChI is InChI=1S/C17H29N3O3S/c1-4-5-6-7-9-13(2)19-17(21)20-14(3)15-10-8-11-16(12-15)24(18,22)23/h8,10-14H,4-7,9H2,1-3H3,(H2,18,22,23)(H2,19,20,21). The van der Waals surface area contributed by atoms with Crippen LogP contribution in [0.2, 0.25) is 0 Å². The van der Waals surface area contributed by atoms with Crippen LogP contribution < -0.4 is 15.8 Å². The van der Waals surface area contributed by atoms with Crippen LogP contribution in [0.4, 0.5) is 4.79 Å². The Kier molecular flexibility index (Phi) is 8.21. The lowest BCUT2D eigenvalue weighted by Crippen LogP contribution is -2.41. The lowest BCUT2D eigenvalue weighted by Gasteiger charge is -2.19. The molecule has 2 atom stereocenters. The first-order valence-corrected chi connectivity index (χ1v) is 9.98. The molecule has 0 spiro atoms. The molecule has 0 radical (unpaired) electrons. The molecule has 0 heterocycles. The Hall–Kier alpha value is -1.60. The van der Waals surface area contributed by atoms with Gasteiger partial charge in [-0.1, -0.05) is 44.7 Å². The molecule has 6 nitrogen and oxygen atoms in total. The van der Waals surface area contributed by atoms with Crippen LogP contribution in [0.25, 0.3) is 0 Å². The molecule has 0 aliphatic carbocycles. The van der Waals surface area contributed by atoms with Gasteiger partial charge in [0.2, 0.25) is 10.0 Å². The van der Waals surface area contributed by atoms with Crippen molar-refractivity contribution in [3.8, 4) is 0 Å². The van der Waals surface area contributed by atoms with Crippen molar-refractivity contribution in [3.05, 3.63) is 29.8 Å². The third kappa shape index (κ3) is 7.31. The van der Waals surface area contributed by atoms with Gasteiger partial charge in [-0.2, -0.15) is 0 Å². The Balaban J connectivity index is 2.52. The SMILES string of the molecule is CCCCCCC(C)NC(=O)NC(C)c1cccc(S(N)(=O)=O)c1. The molecule has 0 saturated carbocycles. The predicted octanol–water partition coefficient (Wildman–Crippen LogP) is 3.05. The van der Waals surface area contributed by atoms with Gasteiger partial charge in [0.15, 0.2) is 0 Å². The Morgan fingerprint density at radius 2 is 1.88 bits per heavy atom. The Labute approximate surface area is 145 Å². The van der Waals surface area contributed by atoms with E-state index in [9.17, 15) is 13.2 Å². The summed E-state index contributed by atoms with van der Waals surface area (Å²) < 4.78 is 22.8. The first-order valence-electron chi connectivity index (χ1n) is 8.43. The van der Waals surface area contributed by atoms with E-state index in [1.54, 1.807) is 19.1 Å². The number of amides is 2. The average molecular weight is 356 g/mol. The van der Waals surface area contributed by atoms with E-state index >= 15 is 0 Å². The number of unbranched alkanes of at least 4 members (excludes halogenated alkanes) is 3. The fraction of sp³-hybridized carbons (Fsp3) is 0.588. The van der Waals surface area contributed by atoms with Gasteiger partial charge in [-0.05, 0) is 38.0 Å². The molecule has 24 heavy (non-hydrogen) atoms. The Morgan fingerprint density at radius 3 is 2.50 bits per heavy atom. The van der Waals surface area contributed by atoms with E-state index in [0.717, 1.165) is 12.8 Å². The van der Waals surface area contributed by atoms with Gasteiger partial charge >= 0.3 is 6.03 Å². The summed E-state index contributed by atoms with van der Waals surface area (Å²) in [7, 11) is -3.75. The molecular weight excluding hydrogens is 326 g/mol. The summed E-state index contributed by atoms with van der Waals surface area (Å²) in [6.07, 6.45) is 5.64. The molecule has 0 aliphatic rings. The Bertz CT molecular complexity index is 632. The van der Waals surface area contributed by atoms with Crippen molar-refractivity contribution in [3.63, 3.8) is 0 Å². The average Bonchev–Trinajstić information content (AvgIpc) is 2.50. The third-order valence-electron chi connectivity index (χ3n) is 3.90. The number of carbonyl (C=O) groups excluding carboxylic acids is 1. The molecule has 2 amide bonds. The number of hydrogen-bond donors (Lipinski definition) is 3. The zero-order chi connectivity index (χ0) is 18.2. The van der Waals surface area contributed by atoms with Gasteiger partial charge in [0, 0.05) is 6.04 Å². The van der Waals surface area contributed by atoms with Crippen LogP contribution in [-0.2, 0) is 10.0 Å². The van der Waals surface area contributed by atoms with E-state index in [1.165, 1.54) is 31.4 Å². The van der Waals surface area contributed by atoms with Crippen LogP contribution in [0.1, 0.15) is 64.5 Å². The van der Waals surface area contributed by atoms with E-state index in [2.05, 4.69) is 17.6 Å². The fourth-order valence-electron chi connectivity index (χ4n) is 2.46. The molecular formula is C17H29N3O3S. The molecule has 2 unspecified atom stereocenters. The van der Waals surface area contributed by atoms with Crippen molar-refractivity contribution in [2.45, 2.75) is 69.9 Å². The number of urea groups is 1. The molecule has 0 bridgehead atoms. The molecule has 0 saturated heterocycles. The highest BCUT2D eigenvalue weighted by Crippen LogP contribution is 2.16. The summed E-state index contributed by atoms with van der Waals surface area (Å²) in [6, 6.07) is 5.81. The third-order valence-corrected chi connectivity index (χ3v) is 4.81. The second kappa shape index (κ2) is 9.64. The minimum absolute atomic E-state index is 0.0401. The monoisotopic (exact) mass is 355 g/mol. The second-order valence-electron chi connectivity index (χ2n) is 6.21. The number of benzene rings is 1. The van der Waals surface area contributed by atoms with Crippen molar-refractivity contribution in [1.29, 1.82) is 0 Å². The van der Waals surface area contributed by atoms with Crippen LogP contribution in [-0.4, -0.2) is 20.5 Å². The number of rotatable bonds is 9. The second-order valence-corrected chi connectivity index (χ2v) is 7.77. The molecule has 4 N–H and O–H groups in total. The van der Waals surface area contributed by atoms with Crippen LogP contribution >= 0.6 is 0 Å². The summed E-state index contributed by atoms with van der Waals surface area (Å²) in [5.41, 5.74) is 0.687. The maximum Gasteiger partial charge on any atom is 0.315 e. The normalized spacial score (nSPS) is 14.0. The van der Waals surface area contributed by atoms with Crippen molar-refractivity contribution in [2.24, 2.45) is 5.14 Å². The maximum atomic E-state index is 12.0. The van der Waals surface area contributed by atoms with Crippen LogP contribution in [0.15, 0.2) is 29.2 Å². The summed E-state index contributed by atoms with van der Waals surface area (Å²) in [5, 5.41) is 10.9. The van der Waals surface area contributed by atoms with Crippen molar-refractivity contribution < 1.29 is 13.2 Å².